The number of nitrogens with zero attached hydrogens (tertiary/aromatic N) is 2. The number of esters is 1. The number of anilines is 1. The second kappa shape index (κ2) is 9.80. The Morgan fingerprint density at radius 2 is 1.66 bits per heavy atom. The van der Waals surface area contributed by atoms with Gasteiger partial charge in [0.05, 0.1) is 21.6 Å². The van der Waals surface area contributed by atoms with E-state index < -0.39 is 40.3 Å². The van der Waals surface area contributed by atoms with Crippen LogP contribution in [0.3, 0.4) is 0 Å². The molecule has 2 heterocycles. The summed E-state index contributed by atoms with van der Waals surface area (Å²) in [6.07, 6.45) is 3.09. The lowest BCUT2D eigenvalue weighted by molar-refractivity contribution is -0.119. The minimum absolute atomic E-state index is 0.0228. The van der Waals surface area contributed by atoms with Gasteiger partial charge >= 0.3 is 5.97 Å². The fourth-order valence-electron chi connectivity index (χ4n) is 3.91. The van der Waals surface area contributed by atoms with E-state index in [1.807, 2.05) is 0 Å². The fraction of sp³-hybridized carbons (Fsp3) is 0.250. The molecule has 10 nitrogen and oxygen atoms in total. The van der Waals surface area contributed by atoms with Crippen LogP contribution in [0.25, 0.3) is 0 Å². The summed E-state index contributed by atoms with van der Waals surface area (Å²) in [5.41, 5.74) is 0.631. The maximum absolute atomic E-state index is 12.6. The second-order valence-electron chi connectivity index (χ2n) is 8.03. The molecule has 3 amide bonds. The Kier molecular flexibility index (Phi) is 6.81. The third-order valence-corrected chi connectivity index (χ3v) is 7.61. The molecule has 0 atom stereocenters. The maximum Gasteiger partial charge on any atom is 0.338 e. The van der Waals surface area contributed by atoms with Crippen LogP contribution in [-0.4, -0.2) is 67.6 Å². The first-order valence-corrected chi connectivity index (χ1v) is 12.3. The van der Waals surface area contributed by atoms with E-state index >= 15 is 0 Å². The third-order valence-electron chi connectivity index (χ3n) is 5.69. The number of carbonyl (C=O) groups excluding carboxylic acids is 4. The zero-order chi connectivity index (χ0) is 25.2. The number of hydrogen-bond acceptors (Lipinski definition) is 7. The van der Waals surface area contributed by atoms with E-state index in [1.54, 1.807) is 0 Å². The van der Waals surface area contributed by atoms with Crippen LogP contribution in [-0.2, 0) is 19.6 Å². The average Bonchev–Trinajstić information content (AvgIpc) is 3.48. The highest BCUT2D eigenvalue weighted by molar-refractivity contribution is 7.89. The van der Waals surface area contributed by atoms with E-state index in [1.165, 1.54) is 52.8 Å². The largest absolute Gasteiger partial charge is 0.452 e. The molecule has 2 aliphatic rings. The smallest absolute Gasteiger partial charge is 0.338 e. The first kappa shape index (κ1) is 24.3. The van der Waals surface area contributed by atoms with Gasteiger partial charge in [0, 0.05) is 25.3 Å². The van der Waals surface area contributed by atoms with Gasteiger partial charge in [0.2, 0.25) is 10.0 Å². The zero-order valence-corrected chi connectivity index (χ0v) is 19.5. The van der Waals surface area contributed by atoms with Crippen molar-refractivity contribution in [2.45, 2.75) is 17.7 Å². The minimum Gasteiger partial charge on any atom is -0.452 e. The predicted octanol–water partition coefficient (Wildman–Crippen LogP) is 2.05. The van der Waals surface area contributed by atoms with E-state index in [9.17, 15) is 27.6 Å². The lowest BCUT2D eigenvalue weighted by Crippen LogP contribution is -2.29. The summed E-state index contributed by atoms with van der Waals surface area (Å²) in [5, 5.41) is 2.53. The van der Waals surface area contributed by atoms with Crippen molar-refractivity contribution in [3.8, 4) is 0 Å². The van der Waals surface area contributed by atoms with Gasteiger partial charge in [-0.15, -0.1) is 6.58 Å². The molecule has 0 unspecified atom stereocenters. The molecule has 182 valence electrons. The maximum atomic E-state index is 12.6. The number of rotatable bonds is 8. The zero-order valence-electron chi connectivity index (χ0n) is 18.7. The van der Waals surface area contributed by atoms with Crippen LogP contribution in [0.15, 0.2) is 60.0 Å². The summed E-state index contributed by atoms with van der Waals surface area (Å²) in [6, 6.07) is 9.72. The normalized spacial score (nSPS) is 15.7. The summed E-state index contributed by atoms with van der Waals surface area (Å²) in [6.45, 7) is 3.96. The van der Waals surface area contributed by atoms with Crippen molar-refractivity contribution in [1.29, 1.82) is 0 Å². The van der Waals surface area contributed by atoms with E-state index in [0.29, 0.717) is 18.8 Å². The van der Waals surface area contributed by atoms with Crippen molar-refractivity contribution in [1.82, 2.24) is 9.21 Å². The molecule has 2 aromatic rings. The topological polar surface area (TPSA) is 130 Å². The number of fused-ring (bicyclic) bond motifs is 1. The van der Waals surface area contributed by atoms with E-state index in [2.05, 4.69) is 11.9 Å². The molecular formula is C24H23N3O7S. The molecule has 2 aliphatic heterocycles. The van der Waals surface area contributed by atoms with Crippen LogP contribution in [0, 0.1) is 0 Å². The lowest BCUT2D eigenvalue weighted by atomic mass is 10.1. The Morgan fingerprint density at radius 3 is 2.31 bits per heavy atom. The average molecular weight is 498 g/mol. The molecule has 2 aromatic carbocycles. The molecule has 0 saturated carbocycles. The molecule has 1 saturated heterocycles. The lowest BCUT2D eigenvalue weighted by Gasteiger charge is -2.15. The standard InChI is InChI=1S/C24H23N3O7S/c1-2-11-27-22(29)19-10-5-16(14-20(19)23(27)30)24(31)34-15-21(28)25-17-6-8-18(9-7-17)35(32,33)26-12-3-4-13-26/h2,5-10,14H,1,3-4,11-13,15H2,(H,25,28). The van der Waals surface area contributed by atoms with Gasteiger partial charge in [0.15, 0.2) is 6.61 Å². The third kappa shape index (κ3) is 4.86. The molecule has 11 heteroatoms. The van der Waals surface area contributed by atoms with Crippen molar-refractivity contribution >= 4 is 39.4 Å². The first-order chi connectivity index (χ1) is 16.7. The van der Waals surface area contributed by atoms with Crippen LogP contribution >= 0.6 is 0 Å². The Morgan fingerprint density at radius 1 is 1.00 bits per heavy atom. The predicted molar refractivity (Wildman–Crippen MR) is 125 cm³/mol. The van der Waals surface area contributed by atoms with Crippen molar-refractivity contribution in [3.05, 3.63) is 71.8 Å². The number of carbonyl (C=O) groups is 4. The van der Waals surface area contributed by atoms with E-state index in [0.717, 1.165) is 17.7 Å². The van der Waals surface area contributed by atoms with Crippen molar-refractivity contribution in [3.63, 3.8) is 0 Å². The van der Waals surface area contributed by atoms with Crippen molar-refractivity contribution in [2.24, 2.45) is 0 Å². The van der Waals surface area contributed by atoms with Gasteiger partial charge in [-0.05, 0) is 55.3 Å². The van der Waals surface area contributed by atoms with Crippen molar-refractivity contribution in [2.75, 3.05) is 31.6 Å². The van der Waals surface area contributed by atoms with E-state index in [-0.39, 0.29) is 28.1 Å². The van der Waals surface area contributed by atoms with Gasteiger partial charge in [-0.2, -0.15) is 4.31 Å². The summed E-state index contributed by atoms with van der Waals surface area (Å²) < 4.78 is 31.6. The van der Waals surface area contributed by atoms with Crippen molar-refractivity contribution < 1.29 is 32.3 Å². The van der Waals surface area contributed by atoms with Crippen LogP contribution in [0.2, 0.25) is 0 Å². The van der Waals surface area contributed by atoms with Gasteiger partial charge < -0.3 is 10.1 Å². The molecule has 0 aromatic heterocycles. The van der Waals surface area contributed by atoms with Gasteiger partial charge in [-0.1, -0.05) is 6.08 Å². The highest BCUT2D eigenvalue weighted by Crippen LogP contribution is 2.25. The Bertz CT molecular complexity index is 1310. The Labute approximate surface area is 202 Å². The number of amides is 3. The molecule has 4 rings (SSSR count). The molecule has 1 fully saturated rings. The second-order valence-corrected chi connectivity index (χ2v) is 9.97. The highest BCUT2D eigenvalue weighted by Gasteiger charge is 2.35. The molecule has 1 N–H and O–H groups in total. The molecule has 0 aliphatic carbocycles. The molecule has 0 bridgehead atoms. The summed E-state index contributed by atoms with van der Waals surface area (Å²) in [7, 11) is -3.56. The van der Waals surface area contributed by atoms with Crippen LogP contribution in [0.5, 0.6) is 0 Å². The number of ether oxygens (including phenoxy) is 1. The van der Waals surface area contributed by atoms with Crippen LogP contribution in [0.1, 0.15) is 43.9 Å². The van der Waals surface area contributed by atoms with Gasteiger partial charge in [-0.3, -0.25) is 19.3 Å². The molecule has 35 heavy (non-hydrogen) atoms. The number of nitrogens with one attached hydrogen (secondary N) is 1. The first-order valence-electron chi connectivity index (χ1n) is 10.9. The summed E-state index contributed by atoms with van der Waals surface area (Å²) in [5.74, 6) is -2.47. The number of hydrogen-bond donors (Lipinski definition) is 1. The molecular weight excluding hydrogens is 474 g/mol. The molecule has 0 radical (unpaired) electrons. The minimum atomic E-state index is -3.56. The number of benzene rings is 2. The van der Waals surface area contributed by atoms with Gasteiger partial charge in [0.25, 0.3) is 17.7 Å². The number of sulfonamides is 1. The molecule has 0 spiro atoms. The van der Waals surface area contributed by atoms with Crippen LogP contribution < -0.4 is 5.32 Å². The van der Waals surface area contributed by atoms with E-state index in [4.69, 9.17) is 4.74 Å². The highest BCUT2D eigenvalue weighted by atomic mass is 32.2. The number of imide groups is 1. The Balaban J connectivity index is 1.34. The SMILES string of the molecule is C=CCN1C(=O)c2ccc(C(=O)OCC(=O)Nc3ccc(S(=O)(=O)N4CCCC4)cc3)cc2C1=O. The van der Waals surface area contributed by atoms with Crippen LogP contribution in [0.4, 0.5) is 5.69 Å². The summed E-state index contributed by atoms with van der Waals surface area (Å²) >= 11 is 0. The summed E-state index contributed by atoms with van der Waals surface area (Å²) in [4.78, 5) is 50.4. The monoisotopic (exact) mass is 497 g/mol. The fourth-order valence-corrected chi connectivity index (χ4v) is 5.43. The van der Waals surface area contributed by atoms with Gasteiger partial charge in [0.1, 0.15) is 0 Å². The Hall–Kier alpha value is -3.83. The quantitative estimate of drug-likeness (QED) is 0.336. The van der Waals surface area contributed by atoms with Gasteiger partial charge in [-0.25, -0.2) is 13.2 Å².